The average molecular weight is 300 g/mol. The topological polar surface area (TPSA) is 38.9 Å². The van der Waals surface area contributed by atoms with E-state index in [0.29, 0.717) is 11.8 Å². The highest BCUT2D eigenvalue weighted by molar-refractivity contribution is 7.98. The molecule has 3 aromatic rings. The fourth-order valence-electron chi connectivity index (χ4n) is 2.63. The first-order valence-corrected chi connectivity index (χ1v) is 8.31. The molecule has 0 spiro atoms. The van der Waals surface area contributed by atoms with Crippen LogP contribution in [0.25, 0.3) is 0 Å². The lowest BCUT2D eigenvalue weighted by molar-refractivity contribution is 0.482. The van der Waals surface area contributed by atoms with E-state index in [9.17, 15) is 0 Å². The predicted octanol–water partition coefficient (Wildman–Crippen LogP) is 4.11. The van der Waals surface area contributed by atoms with Crippen molar-refractivity contribution in [3.8, 4) is 0 Å². The van der Waals surface area contributed by atoms with E-state index in [-0.39, 0.29) is 0 Å². The smallest absolute Gasteiger partial charge is 0.217 e. The highest BCUT2D eigenvalue weighted by Gasteiger charge is 2.26. The van der Waals surface area contributed by atoms with E-state index in [1.165, 1.54) is 27.3 Å². The third kappa shape index (κ3) is 2.07. The van der Waals surface area contributed by atoms with Crippen LogP contribution in [-0.2, 0) is 12.2 Å². The summed E-state index contributed by atoms with van der Waals surface area (Å²) < 4.78 is 5.36. The molecule has 1 aliphatic heterocycles. The molecule has 0 amide bonds. The van der Waals surface area contributed by atoms with Crippen molar-refractivity contribution in [3.63, 3.8) is 0 Å². The van der Waals surface area contributed by atoms with E-state index in [2.05, 4.69) is 45.9 Å². The van der Waals surface area contributed by atoms with Gasteiger partial charge in [-0.05, 0) is 28.6 Å². The summed E-state index contributed by atoms with van der Waals surface area (Å²) in [5.74, 6) is 2.06. The Hall–Kier alpha value is -1.59. The molecule has 0 saturated carbocycles. The molecule has 0 radical (unpaired) electrons. The zero-order valence-corrected chi connectivity index (χ0v) is 12.3. The molecular weight excluding hydrogens is 288 g/mol. The molecular formula is C15H12N2OS2. The maximum atomic E-state index is 5.36. The molecule has 100 valence electrons. The molecule has 2 aromatic heterocycles. The normalized spacial score (nSPS) is 17.3. The van der Waals surface area contributed by atoms with E-state index in [1.807, 2.05) is 23.1 Å². The molecule has 1 atom stereocenters. The molecule has 0 saturated heterocycles. The van der Waals surface area contributed by atoms with E-state index >= 15 is 0 Å². The van der Waals surface area contributed by atoms with Gasteiger partial charge in [0, 0.05) is 27.9 Å². The Morgan fingerprint density at radius 1 is 1.25 bits per heavy atom. The minimum atomic E-state index is 0.316. The van der Waals surface area contributed by atoms with Crippen LogP contribution >= 0.6 is 23.1 Å². The van der Waals surface area contributed by atoms with Crippen LogP contribution in [0, 0.1) is 0 Å². The van der Waals surface area contributed by atoms with Gasteiger partial charge >= 0.3 is 0 Å². The lowest BCUT2D eigenvalue weighted by atomic mass is 9.92. The monoisotopic (exact) mass is 300 g/mol. The fourth-order valence-corrected chi connectivity index (χ4v) is 4.88. The highest BCUT2D eigenvalue weighted by atomic mass is 32.2. The summed E-state index contributed by atoms with van der Waals surface area (Å²) in [6.45, 7) is 0. The van der Waals surface area contributed by atoms with Crippen LogP contribution in [-0.4, -0.2) is 10.2 Å². The molecule has 0 N–H and O–H groups in total. The van der Waals surface area contributed by atoms with Crippen molar-refractivity contribution >= 4 is 23.1 Å². The minimum Gasteiger partial charge on any atom is -0.428 e. The third-order valence-electron chi connectivity index (χ3n) is 3.56. The first-order chi connectivity index (χ1) is 9.92. The summed E-state index contributed by atoms with van der Waals surface area (Å²) in [6, 6.07) is 10.9. The number of thioether (sulfide) groups is 1. The standard InChI is InChI=1S/C15H12N2OS2/c1-2-4-13-11(3-1)12(7-14-17-16-9-18-14)15-10(8-20-13)5-6-19-15/h1-6,9,12H,7-8H2. The first-order valence-electron chi connectivity index (χ1n) is 6.45. The second-order valence-corrected chi connectivity index (χ2v) is 6.69. The second-order valence-electron chi connectivity index (χ2n) is 4.73. The van der Waals surface area contributed by atoms with Crippen molar-refractivity contribution in [2.75, 3.05) is 0 Å². The highest BCUT2D eigenvalue weighted by Crippen LogP contribution is 2.43. The molecule has 20 heavy (non-hydrogen) atoms. The van der Waals surface area contributed by atoms with Crippen molar-refractivity contribution < 1.29 is 4.42 Å². The number of aromatic nitrogens is 2. The maximum absolute atomic E-state index is 5.36. The molecule has 1 aliphatic rings. The summed E-state index contributed by atoms with van der Waals surface area (Å²) in [6.07, 6.45) is 2.17. The Morgan fingerprint density at radius 2 is 2.20 bits per heavy atom. The van der Waals surface area contributed by atoms with Gasteiger partial charge in [0.05, 0.1) is 0 Å². The summed E-state index contributed by atoms with van der Waals surface area (Å²) >= 11 is 3.74. The predicted molar refractivity (Wildman–Crippen MR) is 80.2 cm³/mol. The molecule has 3 nitrogen and oxygen atoms in total. The maximum Gasteiger partial charge on any atom is 0.217 e. The van der Waals surface area contributed by atoms with Gasteiger partial charge in [0.1, 0.15) is 0 Å². The lowest BCUT2D eigenvalue weighted by Gasteiger charge is -2.15. The van der Waals surface area contributed by atoms with E-state index < -0.39 is 0 Å². The van der Waals surface area contributed by atoms with Gasteiger partial charge in [-0.2, -0.15) is 0 Å². The van der Waals surface area contributed by atoms with Gasteiger partial charge in [0.15, 0.2) is 0 Å². The van der Waals surface area contributed by atoms with Gasteiger partial charge < -0.3 is 4.42 Å². The van der Waals surface area contributed by atoms with Crippen molar-refractivity contribution in [2.24, 2.45) is 0 Å². The Bertz CT molecular complexity index is 721. The lowest BCUT2D eigenvalue weighted by Crippen LogP contribution is -2.05. The molecule has 0 bridgehead atoms. The SMILES string of the molecule is c1ccc2c(c1)SCc1ccsc1C2Cc1nnco1. The number of nitrogens with zero attached hydrogens (tertiary/aromatic N) is 2. The van der Waals surface area contributed by atoms with E-state index in [4.69, 9.17) is 4.42 Å². The molecule has 0 fully saturated rings. The Labute approximate surface area is 125 Å². The average Bonchev–Trinajstić information content (AvgIpc) is 3.12. The molecule has 1 aromatic carbocycles. The number of hydrogen-bond acceptors (Lipinski definition) is 5. The van der Waals surface area contributed by atoms with Crippen LogP contribution < -0.4 is 0 Å². The summed E-state index contributed by atoms with van der Waals surface area (Å²) in [7, 11) is 0. The number of rotatable bonds is 2. The molecule has 0 aliphatic carbocycles. The molecule has 1 unspecified atom stereocenters. The summed E-state index contributed by atoms with van der Waals surface area (Å²) in [4.78, 5) is 2.79. The van der Waals surface area contributed by atoms with E-state index in [0.717, 1.165) is 12.2 Å². The van der Waals surface area contributed by atoms with Crippen LogP contribution in [0.2, 0.25) is 0 Å². The summed E-state index contributed by atoms with van der Waals surface area (Å²) in [5.41, 5.74) is 2.80. The van der Waals surface area contributed by atoms with Crippen molar-refractivity contribution in [2.45, 2.75) is 23.0 Å². The van der Waals surface area contributed by atoms with Crippen molar-refractivity contribution in [1.29, 1.82) is 0 Å². The second kappa shape index (κ2) is 5.07. The van der Waals surface area contributed by atoms with Gasteiger partial charge in [0.25, 0.3) is 0 Å². The minimum absolute atomic E-state index is 0.316. The van der Waals surface area contributed by atoms with Crippen LogP contribution in [0.15, 0.2) is 51.4 Å². The Morgan fingerprint density at radius 3 is 3.10 bits per heavy atom. The largest absolute Gasteiger partial charge is 0.428 e. The quantitative estimate of drug-likeness (QED) is 0.714. The zero-order chi connectivity index (χ0) is 13.4. The number of fused-ring (bicyclic) bond motifs is 2. The summed E-state index contributed by atoms with van der Waals surface area (Å²) in [5, 5.41) is 10.0. The van der Waals surface area contributed by atoms with Crippen LogP contribution in [0.5, 0.6) is 0 Å². The third-order valence-corrected chi connectivity index (χ3v) is 5.77. The van der Waals surface area contributed by atoms with Crippen LogP contribution in [0.1, 0.15) is 27.8 Å². The van der Waals surface area contributed by atoms with Gasteiger partial charge in [-0.15, -0.1) is 33.3 Å². The molecule has 4 rings (SSSR count). The Kier molecular flexibility index (Phi) is 3.09. The van der Waals surface area contributed by atoms with Gasteiger partial charge in [-0.3, -0.25) is 0 Å². The van der Waals surface area contributed by atoms with Crippen LogP contribution in [0.3, 0.4) is 0 Å². The fraction of sp³-hybridized carbons (Fsp3) is 0.200. The van der Waals surface area contributed by atoms with Gasteiger partial charge in [0.2, 0.25) is 12.3 Å². The van der Waals surface area contributed by atoms with Crippen molar-refractivity contribution in [3.05, 3.63) is 64.0 Å². The van der Waals surface area contributed by atoms with Crippen LogP contribution in [0.4, 0.5) is 0 Å². The molecule has 5 heteroatoms. The van der Waals surface area contributed by atoms with Gasteiger partial charge in [-0.1, -0.05) is 18.2 Å². The zero-order valence-electron chi connectivity index (χ0n) is 10.7. The number of hydrogen-bond donors (Lipinski definition) is 0. The van der Waals surface area contributed by atoms with Gasteiger partial charge in [-0.25, -0.2) is 0 Å². The first kappa shape index (κ1) is 12.2. The number of thiophene rings is 1. The number of benzene rings is 1. The molecule has 3 heterocycles. The van der Waals surface area contributed by atoms with Crippen molar-refractivity contribution in [1.82, 2.24) is 10.2 Å². The van der Waals surface area contributed by atoms with E-state index in [1.54, 1.807) is 0 Å². The Balaban J connectivity index is 1.83.